The molecular weight excluding hydrogens is 444 g/mol. The number of hydrogen-bond donors (Lipinski definition) is 2. The van der Waals surface area contributed by atoms with Gasteiger partial charge in [0.05, 0.1) is 16.5 Å². The summed E-state index contributed by atoms with van der Waals surface area (Å²) in [4.78, 5) is 27.3. The summed E-state index contributed by atoms with van der Waals surface area (Å²) >= 11 is 0. The summed E-state index contributed by atoms with van der Waals surface area (Å²) < 4.78 is 34.2. The molecule has 2 unspecified atom stereocenters. The number of nitrogens with one attached hydrogen (secondary N) is 2. The van der Waals surface area contributed by atoms with E-state index >= 15 is 0 Å². The monoisotopic (exact) mass is 478 g/mol. The van der Waals surface area contributed by atoms with E-state index in [0.717, 1.165) is 19.6 Å². The predicted octanol–water partition coefficient (Wildman–Crippen LogP) is 1.72. The highest BCUT2D eigenvalue weighted by Crippen LogP contribution is 2.36. The second-order valence-corrected chi connectivity index (χ2v) is 11.1. The maximum Gasteiger partial charge on any atom is 0.265 e. The van der Waals surface area contributed by atoms with Gasteiger partial charge in [-0.25, -0.2) is 8.42 Å². The average Bonchev–Trinajstić information content (AvgIpc) is 3.31. The van der Waals surface area contributed by atoms with Gasteiger partial charge < -0.3 is 20.3 Å². The molecule has 3 aliphatic heterocycles. The minimum atomic E-state index is -3.81. The van der Waals surface area contributed by atoms with Gasteiger partial charge in [0.25, 0.3) is 5.91 Å². The quantitative estimate of drug-likeness (QED) is 0.618. The van der Waals surface area contributed by atoms with Crippen molar-refractivity contribution in [1.29, 1.82) is 0 Å². The van der Waals surface area contributed by atoms with Gasteiger partial charge in [0.15, 0.2) is 6.10 Å². The van der Waals surface area contributed by atoms with Gasteiger partial charge in [0.1, 0.15) is 5.75 Å². The Bertz CT molecular complexity index is 1010. The van der Waals surface area contributed by atoms with Crippen molar-refractivity contribution >= 4 is 27.5 Å². The Hall–Kier alpha value is -2.17. The molecule has 0 saturated carbocycles. The summed E-state index contributed by atoms with van der Waals surface area (Å²) in [6.45, 7) is 7.69. The zero-order chi connectivity index (χ0) is 23.6. The average molecular weight is 479 g/mol. The first-order chi connectivity index (χ1) is 15.8. The van der Waals surface area contributed by atoms with E-state index in [1.807, 2.05) is 6.92 Å². The standard InChI is InChI=1S/C23H34N4O5S/c1-3-19-23(29)25-18-13-16(2)21(14-20(18)32-19)33(30,31)27-11-6-7-17(15-27)22(28)24-8-12-26-9-4-5-10-26/h13-14,17,19H,3-12,15H2,1-2H3,(H,24,28)(H,25,29). The molecule has 182 valence electrons. The molecule has 4 rings (SSSR count). The fourth-order valence-electron chi connectivity index (χ4n) is 4.83. The fraction of sp³-hybridized carbons (Fsp3) is 0.652. The van der Waals surface area contributed by atoms with Crippen molar-refractivity contribution in [3.63, 3.8) is 0 Å². The van der Waals surface area contributed by atoms with Gasteiger partial charge in [0.2, 0.25) is 15.9 Å². The van der Waals surface area contributed by atoms with Crippen LogP contribution in [0.4, 0.5) is 5.69 Å². The number of fused-ring (bicyclic) bond motifs is 1. The zero-order valence-electron chi connectivity index (χ0n) is 19.4. The number of likely N-dealkylation sites (tertiary alicyclic amines) is 1. The second-order valence-electron chi connectivity index (χ2n) is 9.16. The fourth-order valence-corrected chi connectivity index (χ4v) is 6.58. The number of ether oxygens (including phenoxy) is 1. The van der Waals surface area contributed by atoms with Crippen LogP contribution in [0.25, 0.3) is 0 Å². The summed E-state index contributed by atoms with van der Waals surface area (Å²) in [5, 5.41) is 5.79. The number of piperidine rings is 1. The van der Waals surface area contributed by atoms with Crippen LogP contribution in [0.3, 0.4) is 0 Å². The van der Waals surface area contributed by atoms with Crippen LogP contribution in [0.15, 0.2) is 17.0 Å². The molecule has 2 fully saturated rings. The van der Waals surface area contributed by atoms with Gasteiger partial charge in [-0.05, 0) is 63.7 Å². The smallest absolute Gasteiger partial charge is 0.265 e. The van der Waals surface area contributed by atoms with Crippen molar-refractivity contribution in [3.05, 3.63) is 17.7 Å². The van der Waals surface area contributed by atoms with Crippen molar-refractivity contribution in [2.45, 2.75) is 57.0 Å². The number of rotatable bonds is 7. The van der Waals surface area contributed by atoms with Crippen LogP contribution in [0.5, 0.6) is 5.75 Å². The van der Waals surface area contributed by atoms with Crippen LogP contribution < -0.4 is 15.4 Å². The van der Waals surface area contributed by atoms with Crippen molar-refractivity contribution in [2.24, 2.45) is 5.92 Å². The molecular formula is C23H34N4O5S. The van der Waals surface area contributed by atoms with Crippen molar-refractivity contribution in [3.8, 4) is 5.75 Å². The minimum absolute atomic E-state index is 0.0758. The van der Waals surface area contributed by atoms with Crippen LogP contribution in [-0.4, -0.2) is 74.8 Å². The highest BCUT2D eigenvalue weighted by Gasteiger charge is 2.35. The largest absolute Gasteiger partial charge is 0.478 e. The normalized spacial score (nSPS) is 24.1. The Morgan fingerprint density at radius 2 is 1.97 bits per heavy atom. The molecule has 0 spiro atoms. The van der Waals surface area contributed by atoms with Gasteiger partial charge in [-0.1, -0.05) is 6.92 Å². The third-order valence-corrected chi connectivity index (χ3v) is 8.77. The van der Waals surface area contributed by atoms with Crippen molar-refractivity contribution in [1.82, 2.24) is 14.5 Å². The maximum absolute atomic E-state index is 13.5. The van der Waals surface area contributed by atoms with E-state index < -0.39 is 16.1 Å². The molecule has 2 N–H and O–H groups in total. The van der Waals surface area contributed by atoms with E-state index in [4.69, 9.17) is 4.74 Å². The maximum atomic E-state index is 13.5. The molecule has 0 aromatic heterocycles. The van der Waals surface area contributed by atoms with Crippen LogP contribution in [-0.2, 0) is 19.6 Å². The molecule has 3 aliphatic rings. The molecule has 2 atom stereocenters. The lowest BCUT2D eigenvalue weighted by atomic mass is 9.99. The summed E-state index contributed by atoms with van der Waals surface area (Å²) in [7, 11) is -3.81. The lowest BCUT2D eigenvalue weighted by molar-refractivity contribution is -0.126. The summed E-state index contributed by atoms with van der Waals surface area (Å²) in [6, 6.07) is 3.14. The first-order valence-corrected chi connectivity index (χ1v) is 13.4. The lowest BCUT2D eigenvalue weighted by Crippen LogP contribution is -2.46. The van der Waals surface area contributed by atoms with E-state index in [-0.39, 0.29) is 29.2 Å². The van der Waals surface area contributed by atoms with Crippen LogP contribution in [0.1, 0.15) is 44.6 Å². The number of carbonyl (C=O) groups excluding carboxylic acids is 2. The van der Waals surface area contributed by atoms with E-state index in [2.05, 4.69) is 15.5 Å². The predicted molar refractivity (Wildman–Crippen MR) is 125 cm³/mol. The Labute approximate surface area is 195 Å². The molecule has 0 aliphatic carbocycles. The molecule has 10 heteroatoms. The van der Waals surface area contributed by atoms with Crippen molar-refractivity contribution in [2.75, 3.05) is 44.6 Å². The third-order valence-electron chi connectivity index (χ3n) is 6.77. The minimum Gasteiger partial charge on any atom is -0.478 e. The summed E-state index contributed by atoms with van der Waals surface area (Å²) in [6.07, 6.45) is 3.58. The van der Waals surface area contributed by atoms with Gasteiger partial charge >= 0.3 is 0 Å². The number of nitrogens with zero attached hydrogens (tertiary/aromatic N) is 2. The molecule has 2 saturated heterocycles. The molecule has 1 aromatic carbocycles. The highest BCUT2D eigenvalue weighted by atomic mass is 32.2. The Kier molecular flexibility index (Phi) is 7.25. The van der Waals surface area contributed by atoms with E-state index in [1.54, 1.807) is 13.0 Å². The van der Waals surface area contributed by atoms with Gasteiger partial charge in [0, 0.05) is 32.2 Å². The SMILES string of the molecule is CCC1Oc2cc(S(=O)(=O)N3CCCC(C(=O)NCCN4CCCC4)C3)c(C)cc2NC1=O. The number of carbonyl (C=O) groups is 2. The third kappa shape index (κ3) is 5.17. The molecule has 33 heavy (non-hydrogen) atoms. The Balaban J connectivity index is 1.44. The first-order valence-electron chi connectivity index (χ1n) is 11.9. The molecule has 0 radical (unpaired) electrons. The van der Waals surface area contributed by atoms with E-state index in [0.29, 0.717) is 49.4 Å². The lowest BCUT2D eigenvalue weighted by Gasteiger charge is -2.32. The Morgan fingerprint density at radius 3 is 2.70 bits per heavy atom. The molecule has 2 amide bonds. The number of aryl methyl sites for hydroxylation is 1. The second kappa shape index (κ2) is 9.99. The molecule has 0 bridgehead atoms. The number of hydrogen-bond acceptors (Lipinski definition) is 6. The first kappa shape index (κ1) is 24.0. The zero-order valence-corrected chi connectivity index (χ0v) is 20.2. The highest BCUT2D eigenvalue weighted by molar-refractivity contribution is 7.89. The number of amides is 2. The molecule has 1 aromatic rings. The van der Waals surface area contributed by atoms with Crippen molar-refractivity contribution < 1.29 is 22.7 Å². The summed E-state index contributed by atoms with van der Waals surface area (Å²) in [5.41, 5.74) is 1.01. The Morgan fingerprint density at radius 1 is 1.21 bits per heavy atom. The number of benzene rings is 1. The summed E-state index contributed by atoms with van der Waals surface area (Å²) in [5.74, 6) is -0.299. The molecule has 9 nitrogen and oxygen atoms in total. The van der Waals surface area contributed by atoms with Gasteiger partial charge in [-0.15, -0.1) is 0 Å². The van der Waals surface area contributed by atoms with E-state index in [9.17, 15) is 18.0 Å². The van der Waals surface area contributed by atoms with Gasteiger partial charge in [-0.3, -0.25) is 9.59 Å². The molecule has 3 heterocycles. The number of sulfonamides is 1. The van der Waals surface area contributed by atoms with Gasteiger partial charge in [-0.2, -0.15) is 4.31 Å². The van der Waals surface area contributed by atoms with Crippen LogP contribution in [0, 0.1) is 12.8 Å². The van der Waals surface area contributed by atoms with Crippen LogP contribution in [0.2, 0.25) is 0 Å². The van der Waals surface area contributed by atoms with Crippen LogP contribution >= 0.6 is 0 Å². The topological polar surface area (TPSA) is 108 Å². The van der Waals surface area contributed by atoms with E-state index in [1.165, 1.54) is 23.2 Å². The number of anilines is 1.